The topological polar surface area (TPSA) is 43.8 Å². The highest BCUT2D eigenvalue weighted by Gasteiger charge is 2.27. The molecule has 1 aliphatic heterocycles. The molecule has 94 valence electrons. The molecule has 0 aromatic carbocycles. The maximum atomic E-state index is 10.9. The molecule has 1 rings (SSSR count). The van der Waals surface area contributed by atoms with E-state index in [1.165, 1.54) is 12.8 Å². The van der Waals surface area contributed by atoms with Crippen molar-refractivity contribution in [1.82, 2.24) is 9.80 Å². The number of amides is 1. The second kappa shape index (κ2) is 6.09. The number of nitrogens with zero attached hydrogens (tertiary/aromatic N) is 2. The second-order valence-electron chi connectivity index (χ2n) is 4.98. The fourth-order valence-corrected chi connectivity index (χ4v) is 2.51. The van der Waals surface area contributed by atoms with Crippen LogP contribution in [0, 0.1) is 5.92 Å². The van der Waals surface area contributed by atoms with Crippen molar-refractivity contribution in [2.45, 2.75) is 39.7 Å². The van der Waals surface area contributed by atoms with Crippen LogP contribution in [0.5, 0.6) is 0 Å². The molecule has 0 aliphatic carbocycles. The third-order valence-electron chi connectivity index (χ3n) is 3.31. The number of carboxylic acid groups (broad SMARTS) is 1. The molecule has 1 fully saturated rings. The van der Waals surface area contributed by atoms with Crippen molar-refractivity contribution in [3.05, 3.63) is 0 Å². The van der Waals surface area contributed by atoms with Gasteiger partial charge in [-0.2, -0.15) is 0 Å². The van der Waals surface area contributed by atoms with Crippen molar-refractivity contribution >= 4 is 6.09 Å². The molecule has 1 amide bonds. The molecule has 16 heavy (non-hydrogen) atoms. The lowest BCUT2D eigenvalue weighted by molar-refractivity contribution is 0.0677. The summed E-state index contributed by atoms with van der Waals surface area (Å²) in [4.78, 5) is 14.8. The van der Waals surface area contributed by atoms with Crippen LogP contribution in [0.15, 0.2) is 0 Å². The zero-order valence-corrected chi connectivity index (χ0v) is 10.6. The van der Waals surface area contributed by atoms with Gasteiger partial charge in [0.2, 0.25) is 0 Å². The van der Waals surface area contributed by atoms with Crippen LogP contribution in [0.4, 0.5) is 4.79 Å². The Labute approximate surface area is 98.2 Å². The largest absolute Gasteiger partial charge is 0.465 e. The second-order valence-corrected chi connectivity index (χ2v) is 4.98. The molecule has 0 aromatic rings. The van der Waals surface area contributed by atoms with E-state index in [0.29, 0.717) is 12.5 Å². The number of rotatable bonds is 4. The zero-order valence-electron chi connectivity index (χ0n) is 10.6. The number of carbonyl (C=O) groups is 1. The van der Waals surface area contributed by atoms with Crippen LogP contribution in [-0.2, 0) is 0 Å². The molecule has 4 heteroatoms. The van der Waals surface area contributed by atoms with Crippen molar-refractivity contribution in [3.8, 4) is 0 Å². The summed E-state index contributed by atoms with van der Waals surface area (Å²) in [7, 11) is 0. The summed E-state index contributed by atoms with van der Waals surface area (Å²) >= 11 is 0. The Morgan fingerprint density at radius 1 is 1.50 bits per heavy atom. The third-order valence-corrected chi connectivity index (χ3v) is 3.31. The normalized spacial score (nSPS) is 24.4. The molecule has 4 nitrogen and oxygen atoms in total. The van der Waals surface area contributed by atoms with Gasteiger partial charge >= 0.3 is 6.09 Å². The highest BCUT2D eigenvalue weighted by molar-refractivity contribution is 5.65. The average Bonchev–Trinajstić information content (AvgIpc) is 2.17. The minimum absolute atomic E-state index is 0.125. The highest BCUT2D eigenvalue weighted by Crippen LogP contribution is 2.13. The summed E-state index contributed by atoms with van der Waals surface area (Å²) in [5.41, 5.74) is 0. The molecular formula is C12H24N2O2. The van der Waals surface area contributed by atoms with Crippen molar-refractivity contribution < 1.29 is 9.90 Å². The summed E-state index contributed by atoms with van der Waals surface area (Å²) in [6.07, 6.45) is 1.70. The Balaban J connectivity index is 2.36. The predicted molar refractivity (Wildman–Crippen MR) is 64.7 cm³/mol. The van der Waals surface area contributed by atoms with Crippen LogP contribution in [0.3, 0.4) is 0 Å². The van der Waals surface area contributed by atoms with Gasteiger partial charge in [-0.1, -0.05) is 20.3 Å². The number of hydrogen-bond donors (Lipinski definition) is 1. The van der Waals surface area contributed by atoms with E-state index in [2.05, 4.69) is 18.7 Å². The monoisotopic (exact) mass is 228 g/mol. The van der Waals surface area contributed by atoms with Gasteiger partial charge in [0.25, 0.3) is 0 Å². The first kappa shape index (κ1) is 13.3. The smallest absolute Gasteiger partial charge is 0.407 e. The highest BCUT2D eigenvalue weighted by atomic mass is 16.4. The van der Waals surface area contributed by atoms with Gasteiger partial charge in [0.15, 0.2) is 0 Å². The third kappa shape index (κ3) is 3.67. The molecule has 1 aliphatic rings. The molecule has 1 saturated heterocycles. The first-order valence-corrected chi connectivity index (χ1v) is 6.26. The van der Waals surface area contributed by atoms with Gasteiger partial charge in [0.05, 0.1) is 0 Å². The standard InChI is InChI=1S/C12H24N2O2/c1-4-5-10(2)8-13-6-7-14(12(15)16)11(3)9-13/h10-11H,4-9H2,1-3H3,(H,15,16). The molecule has 0 spiro atoms. The van der Waals surface area contributed by atoms with E-state index < -0.39 is 6.09 Å². The molecule has 1 heterocycles. The van der Waals surface area contributed by atoms with Gasteiger partial charge in [-0.05, 0) is 19.3 Å². The van der Waals surface area contributed by atoms with Gasteiger partial charge < -0.3 is 10.0 Å². The lowest BCUT2D eigenvalue weighted by atomic mass is 10.0. The van der Waals surface area contributed by atoms with Crippen molar-refractivity contribution in [2.24, 2.45) is 5.92 Å². The van der Waals surface area contributed by atoms with Crippen LogP contribution >= 0.6 is 0 Å². The van der Waals surface area contributed by atoms with Gasteiger partial charge in [0, 0.05) is 32.2 Å². The fraction of sp³-hybridized carbons (Fsp3) is 0.917. The molecule has 1 N–H and O–H groups in total. The van der Waals surface area contributed by atoms with E-state index >= 15 is 0 Å². The average molecular weight is 228 g/mol. The van der Waals surface area contributed by atoms with Gasteiger partial charge in [-0.25, -0.2) is 4.79 Å². The molecule has 2 unspecified atom stereocenters. The Hall–Kier alpha value is -0.770. The Morgan fingerprint density at radius 2 is 2.19 bits per heavy atom. The lowest BCUT2D eigenvalue weighted by Crippen LogP contribution is -2.54. The summed E-state index contributed by atoms with van der Waals surface area (Å²) in [5, 5.41) is 8.97. The van der Waals surface area contributed by atoms with Crippen LogP contribution in [-0.4, -0.2) is 53.2 Å². The first-order chi connectivity index (χ1) is 7.54. The fourth-order valence-electron chi connectivity index (χ4n) is 2.51. The summed E-state index contributed by atoms with van der Waals surface area (Å²) < 4.78 is 0. The van der Waals surface area contributed by atoms with E-state index in [9.17, 15) is 4.79 Å². The molecular weight excluding hydrogens is 204 g/mol. The van der Waals surface area contributed by atoms with Gasteiger partial charge in [0.1, 0.15) is 0 Å². The van der Waals surface area contributed by atoms with Crippen LogP contribution in [0.1, 0.15) is 33.6 Å². The first-order valence-electron chi connectivity index (χ1n) is 6.26. The Morgan fingerprint density at radius 3 is 2.69 bits per heavy atom. The predicted octanol–water partition coefficient (Wildman–Crippen LogP) is 2.11. The molecule has 2 atom stereocenters. The lowest BCUT2D eigenvalue weighted by Gasteiger charge is -2.39. The van der Waals surface area contributed by atoms with E-state index in [1.807, 2.05) is 6.92 Å². The van der Waals surface area contributed by atoms with E-state index in [4.69, 9.17) is 5.11 Å². The minimum atomic E-state index is -0.784. The van der Waals surface area contributed by atoms with Gasteiger partial charge in [-0.3, -0.25) is 4.90 Å². The Bertz CT molecular complexity index is 233. The summed E-state index contributed by atoms with van der Waals surface area (Å²) in [6.45, 7) is 9.98. The van der Waals surface area contributed by atoms with E-state index in [0.717, 1.165) is 19.6 Å². The zero-order chi connectivity index (χ0) is 12.1. The van der Waals surface area contributed by atoms with Crippen molar-refractivity contribution in [1.29, 1.82) is 0 Å². The summed E-state index contributed by atoms with van der Waals surface area (Å²) in [5.74, 6) is 0.716. The van der Waals surface area contributed by atoms with Gasteiger partial charge in [-0.15, -0.1) is 0 Å². The Kier molecular flexibility index (Phi) is 5.06. The number of hydrogen-bond acceptors (Lipinski definition) is 2. The maximum Gasteiger partial charge on any atom is 0.407 e. The van der Waals surface area contributed by atoms with Crippen LogP contribution in [0.2, 0.25) is 0 Å². The quantitative estimate of drug-likeness (QED) is 0.801. The van der Waals surface area contributed by atoms with Crippen molar-refractivity contribution in [3.63, 3.8) is 0 Å². The van der Waals surface area contributed by atoms with Crippen LogP contribution in [0.25, 0.3) is 0 Å². The molecule has 0 radical (unpaired) electrons. The van der Waals surface area contributed by atoms with Crippen LogP contribution < -0.4 is 0 Å². The molecule has 0 saturated carbocycles. The SMILES string of the molecule is CCCC(C)CN1CCN(C(=O)O)C(C)C1. The molecule has 0 bridgehead atoms. The molecule has 0 aromatic heterocycles. The van der Waals surface area contributed by atoms with E-state index in [-0.39, 0.29) is 6.04 Å². The van der Waals surface area contributed by atoms with Crippen molar-refractivity contribution in [2.75, 3.05) is 26.2 Å². The summed E-state index contributed by atoms with van der Waals surface area (Å²) in [6, 6.07) is 0.125. The van der Waals surface area contributed by atoms with E-state index in [1.54, 1.807) is 4.90 Å². The minimum Gasteiger partial charge on any atom is -0.465 e. The number of piperazine rings is 1. The maximum absolute atomic E-state index is 10.9.